The second kappa shape index (κ2) is 7.25. The standard InChI is InChI=1S/C18H25NO3/c20-16(12-22-11-13-5-6-13)10-19-18(21)9-15-8-7-14-3-1-2-4-17(14)15/h1-4,13,15-16,20H,5-12H2,(H,19,21). The summed E-state index contributed by atoms with van der Waals surface area (Å²) in [7, 11) is 0. The monoisotopic (exact) mass is 303 g/mol. The van der Waals surface area contributed by atoms with Gasteiger partial charge in [0, 0.05) is 19.6 Å². The van der Waals surface area contributed by atoms with Crippen LogP contribution in [-0.4, -0.2) is 36.9 Å². The van der Waals surface area contributed by atoms with Crippen LogP contribution < -0.4 is 5.32 Å². The molecule has 22 heavy (non-hydrogen) atoms. The van der Waals surface area contributed by atoms with Crippen molar-refractivity contribution in [1.82, 2.24) is 5.32 Å². The van der Waals surface area contributed by atoms with Crippen molar-refractivity contribution < 1.29 is 14.6 Å². The predicted octanol–water partition coefficient (Wildman–Crippen LogP) is 2.01. The number of aliphatic hydroxyl groups excluding tert-OH is 1. The highest BCUT2D eigenvalue weighted by Gasteiger charge is 2.24. The van der Waals surface area contributed by atoms with Crippen molar-refractivity contribution in [3.05, 3.63) is 35.4 Å². The SMILES string of the molecule is O=C(CC1CCc2ccccc21)NCC(O)COCC1CC1. The molecule has 0 bridgehead atoms. The fraction of sp³-hybridized carbons (Fsp3) is 0.611. The lowest BCUT2D eigenvalue weighted by atomic mass is 9.97. The van der Waals surface area contributed by atoms with E-state index >= 15 is 0 Å². The van der Waals surface area contributed by atoms with Crippen LogP contribution in [0.3, 0.4) is 0 Å². The van der Waals surface area contributed by atoms with Gasteiger partial charge in [-0.3, -0.25) is 4.79 Å². The minimum atomic E-state index is -0.612. The van der Waals surface area contributed by atoms with Gasteiger partial charge in [-0.2, -0.15) is 0 Å². The van der Waals surface area contributed by atoms with Gasteiger partial charge in [0.1, 0.15) is 0 Å². The zero-order valence-electron chi connectivity index (χ0n) is 13.0. The Morgan fingerprint density at radius 3 is 2.95 bits per heavy atom. The maximum atomic E-state index is 12.0. The molecule has 1 saturated carbocycles. The smallest absolute Gasteiger partial charge is 0.220 e. The first-order valence-corrected chi connectivity index (χ1v) is 8.32. The molecule has 1 aromatic carbocycles. The summed E-state index contributed by atoms with van der Waals surface area (Å²) in [4.78, 5) is 12.0. The molecule has 0 spiro atoms. The second-order valence-corrected chi connectivity index (χ2v) is 6.58. The van der Waals surface area contributed by atoms with E-state index < -0.39 is 6.10 Å². The van der Waals surface area contributed by atoms with E-state index in [0.717, 1.165) is 19.4 Å². The Kier molecular flexibility index (Phi) is 5.11. The first-order valence-electron chi connectivity index (χ1n) is 8.32. The largest absolute Gasteiger partial charge is 0.389 e. The van der Waals surface area contributed by atoms with Crippen LogP contribution in [0.25, 0.3) is 0 Å². The van der Waals surface area contributed by atoms with Crippen LogP contribution in [-0.2, 0) is 16.0 Å². The van der Waals surface area contributed by atoms with E-state index in [2.05, 4.69) is 23.5 Å². The summed E-state index contributed by atoms with van der Waals surface area (Å²) in [6.07, 6.45) is 4.49. The number of hydrogen-bond acceptors (Lipinski definition) is 3. The Balaban J connectivity index is 1.35. The van der Waals surface area contributed by atoms with E-state index in [4.69, 9.17) is 4.74 Å². The van der Waals surface area contributed by atoms with Crippen LogP contribution in [0.15, 0.2) is 24.3 Å². The van der Waals surface area contributed by atoms with Crippen LogP contribution in [0.4, 0.5) is 0 Å². The van der Waals surface area contributed by atoms with Crippen molar-refractivity contribution in [2.45, 2.75) is 44.1 Å². The molecule has 2 aliphatic carbocycles. The van der Waals surface area contributed by atoms with Gasteiger partial charge in [0.15, 0.2) is 0 Å². The van der Waals surface area contributed by atoms with Crippen LogP contribution >= 0.6 is 0 Å². The molecule has 3 rings (SSSR count). The summed E-state index contributed by atoms with van der Waals surface area (Å²) in [6.45, 7) is 1.32. The van der Waals surface area contributed by atoms with Gasteiger partial charge in [-0.15, -0.1) is 0 Å². The van der Waals surface area contributed by atoms with Crippen molar-refractivity contribution in [2.24, 2.45) is 5.92 Å². The molecular formula is C18H25NO3. The Morgan fingerprint density at radius 1 is 1.32 bits per heavy atom. The van der Waals surface area contributed by atoms with Crippen molar-refractivity contribution in [1.29, 1.82) is 0 Å². The highest BCUT2D eigenvalue weighted by molar-refractivity contribution is 5.77. The molecule has 0 heterocycles. The number of carbonyl (C=O) groups is 1. The summed E-state index contributed by atoms with van der Waals surface area (Å²) in [5.41, 5.74) is 2.68. The Hall–Kier alpha value is -1.39. The lowest BCUT2D eigenvalue weighted by molar-refractivity contribution is -0.122. The molecule has 120 valence electrons. The number of hydrogen-bond donors (Lipinski definition) is 2. The summed E-state index contributed by atoms with van der Waals surface area (Å²) >= 11 is 0. The van der Waals surface area contributed by atoms with Gasteiger partial charge in [-0.1, -0.05) is 24.3 Å². The van der Waals surface area contributed by atoms with Crippen LogP contribution in [0.1, 0.15) is 42.7 Å². The third-order valence-electron chi connectivity index (χ3n) is 4.58. The molecule has 2 atom stereocenters. The maximum absolute atomic E-state index is 12.0. The normalized spacial score (nSPS) is 21.4. The molecule has 2 N–H and O–H groups in total. The topological polar surface area (TPSA) is 58.6 Å². The molecule has 0 saturated heterocycles. The highest BCUT2D eigenvalue weighted by atomic mass is 16.5. The number of ether oxygens (including phenoxy) is 1. The van der Waals surface area contributed by atoms with Crippen molar-refractivity contribution in [2.75, 3.05) is 19.8 Å². The van der Waals surface area contributed by atoms with E-state index in [1.807, 2.05) is 6.07 Å². The maximum Gasteiger partial charge on any atom is 0.220 e. The number of aryl methyl sites for hydroxylation is 1. The average Bonchev–Trinajstić information content (AvgIpc) is 3.26. The number of fused-ring (bicyclic) bond motifs is 1. The van der Waals surface area contributed by atoms with E-state index in [1.165, 1.54) is 24.0 Å². The van der Waals surface area contributed by atoms with Crippen LogP contribution in [0.5, 0.6) is 0 Å². The molecule has 0 radical (unpaired) electrons. The second-order valence-electron chi connectivity index (χ2n) is 6.58. The molecule has 1 amide bonds. The summed E-state index contributed by atoms with van der Waals surface area (Å²) < 4.78 is 5.43. The Bertz CT molecular complexity index is 513. The molecule has 0 aliphatic heterocycles. The molecule has 1 fully saturated rings. The van der Waals surface area contributed by atoms with Gasteiger partial charge in [0.2, 0.25) is 5.91 Å². The van der Waals surface area contributed by atoms with Gasteiger partial charge in [0.25, 0.3) is 0 Å². The van der Waals surface area contributed by atoms with Crippen LogP contribution in [0.2, 0.25) is 0 Å². The highest BCUT2D eigenvalue weighted by Crippen LogP contribution is 2.35. The number of rotatable bonds is 8. The van der Waals surface area contributed by atoms with Crippen molar-refractivity contribution in [3.63, 3.8) is 0 Å². The zero-order valence-corrected chi connectivity index (χ0v) is 13.0. The predicted molar refractivity (Wildman–Crippen MR) is 84.7 cm³/mol. The van der Waals surface area contributed by atoms with E-state index in [9.17, 15) is 9.90 Å². The average molecular weight is 303 g/mol. The first kappa shape index (κ1) is 15.5. The first-order chi connectivity index (χ1) is 10.7. The molecule has 4 nitrogen and oxygen atoms in total. The molecule has 2 unspecified atom stereocenters. The third-order valence-corrected chi connectivity index (χ3v) is 4.58. The van der Waals surface area contributed by atoms with Crippen LogP contribution in [0, 0.1) is 5.92 Å². The minimum absolute atomic E-state index is 0.0166. The Labute approximate surface area is 131 Å². The number of amides is 1. The van der Waals surface area contributed by atoms with Gasteiger partial charge in [0.05, 0.1) is 12.7 Å². The van der Waals surface area contributed by atoms with E-state index in [1.54, 1.807) is 0 Å². The summed E-state index contributed by atoms with van der Waals surface area (Å²) in [6, 6.07) is 8.37. The zero-order chi connectivity index (χ0) is 15.4. The summed E-state index contributed by atoms with van der Waals surface area (Å²) in [5, 5.41) is 12.6. The fourth-order valence-corrected chi connectivity index (χ4v) is 3.10. The molecular weight excluding hydrogens is 278 g/mol. The Morgan fingerprint density at radius 2 is 2.14 bits per heavy atom. The lowest BCUT2D eigenvalue weighted by Gasteiger charge is -2.14. The van der Waals surface area contributed by atoms with E-state index in [-0.39, 0.29) is 12.5 Å². The number of nitrogens with one attached hydrogen (secondary N) is 1. The van der Waals surface area contributed by atoms with Gasteiger partial charge in [-0.05, 0) is 48.6 Å². The van der Waals surface area contributed by atoms with Gasteiger partial charge >= 0.3 is 0 Å². The third kappa shape index (κ3) is 4.31. The lowest BCUT2D eigenvalue weighted by Crippen LogP contribution is -2.35. The molecule has 2 aliphatic rings. The minimum Gasteiger partial charge on any atom is -0.389 e. The number of aliphatic hydroxyl groups is 1. The summed E-state index contributed by atoms with van der Waals surface area (Å²) in [5.74, 6) is 1.03. The van der Waals surface area contributed by atoms with Gasteiger partial charge in [-0.25, -0.2) is 0 Å². The number of benzene rings is 1. The molecule has 0 aromatic heterocycles. The van der Waals surface area contributed by atoms with Crippen molar-refractivity contribution in [3.8, 4) is 0 Å². The molecule has 4 heteroatoms. The quantitative estimate of drug-likeness (QED) is 0.772. The van der Waals surface area contributed by atoms with Gasteiger partial charge < -0.3 is 15.2 Å². The van der Waals surface area contributed by atoms with Crippen molar-refractivity contribution >= 4 is 5.91 Å². The molecule has 1 aromatic rings. The van der Waals surface area contributed by atoms with E-state index in [0.29, 0.717) is 24.9 Å². The fourth-order valence-electron chi connectivity index (χ4n) is 3.10. The number of carbonyl (C=O) groups excluding carboxylic acids is 1.